The molecule has 0 aromatic heterocycles. The first-order valence-corrected chi connectivity index (χ1v) is 12.6. The number of carbonyl (C=O) groups excluding carboxylic acids is 1. The zero-order chi connectivity index (χ0) is 23.4. The summed E-state index contributed by atoms with van der Waals surface area (Å²) in [6.45, 7) is 1.36. The van der Waals surface area contributed by atoms with Crippen molar-refractivity contribution in [3.8, 4) is 0 Å². The first kappa shape index (κ1) is 23.7. The summed E-state index contributed by atoms with van der Waals surface area (Å²) in [5, 5.41) is 2.99. The summed E-state index contributed by atoms with van der Waals surface area (Å²) in [5.74, 6) is -0.601. The van der Waals surface area contributed by atoms with Crippen LogP contribution in [0.3, 0.4) is 0 Å². The topological polar surface area (TPSA) is 121 Å². The molecule has 8 nitrogen and oxygen atoms in total. The van der Waals surface area contributed by atoms with E-state index in [0.29, 0.717) is 16.4 Å². The van der Waals surface area contributed by atoms with Gasteiger partial charge in [-0.05, 0) is 67.6 Å². The van der Waals surface area contributed by atoms with Crippen molar-refractivity contribution >= 4 is 48.9 Å². The van der Waals surface area contributed by atoms with Gasteiger partial charge in [-0.25, -0.2) is 21.6 Å². The van der Waals surface area contributed by atoms with Gasteiger partial charge in [-0.15, -0.1) is 0 Å². The molecule has 0 aliphatic carbocycles. The predicted octanol–water partition coefficient (Wildman–Crippen LogP) is 3.37. The number of anilines is 2. The standard InChI is InChI=1S/C21H20ClN3O5S2/c1-15-2-10-19(11-3-15)31(27,28)23-14-21(26)24-17-8-12-20(13-9-17)32(29,30)25-18-6-4-16(22)5-7-18/h2-13,23,25H,14H2,1H3,(H,24,26). The maximum absolute atomic E-state index is 12.5. The van der Waals surface area contributed by atoms with Crippen molar-refractivity contribution in [1.29, 1.82) is 0 Å². The van der Waals surface area contributed by atoms with Crippen molar-refractivity contribution in [2.24, 2.45) is 0 Å². The molecule has 0 spiro atoms. The van der Waals surface area contributed by atoms with Gasteiger partial charge in [-0.2, -0.15) is 0 Å². The molecule has 3 N–H and O–H groups in total. The first-order valence-electron chi connectivity index (χ1n) is 9.30. The predicted molar refractivity (Wildman–Crippen MR) is 124 cm³/mol. The number of halogens is 1. The second kappa shape index (κ2) is 9.70. The maximum atomic E-state index is 12.5. The Morgan fingerprint density at radius 1 is 0.750 bits per heavy atom. The number of benzene rings is 3. The van der Waals surface area contributed by atoms with Crippen molar-refractivity contribution < 1.29 is 21.6 Å². The van der Waals surface area contributed by atoms with Crippen LogP contribution in [0.1, 0.15) is 5.56 Å². The summed E-state index contributed by atoms with van der Waals surface area (Å²) in [6.07, 6.45) is 0. The van der Waals surface area contributed by atoms with E-state index in [-0.39, 0.29) is 9.79 Å². The summed E-state index contributed by atoms with van der Waals surface area (Å²) >= 11 is 5.79. The molecule has 3 aromatic rings. The normalized spacial score (nSPS) is 11.7. The third-order valence-corrected chi connectivity index (χ3v) is 7.37. The zero-order valence-corrected chi connectivity index (χ0v) is 19.3. The molecule has 0 saturated carbocycles. The molecule has 11 heteroatoms. The van der Waals surface area contributed by atoms with Crippen molar-refractivity contribution in [3.05, 3.63) is 83.4 Å². The molecule has 3 aromatic carbocycles. The average Bonchev–Trinajstić information content (AvgIpc) is 2.75. The number of amides is 1. The molecule has 0 aliphatic rings. The molecule has 0 fully saturated rings. The van der Waals surface area contributed by atoms with Gasteiger partial charge in [0.05, 0.1) is 16.3 Å². The largest absolute Gasteiger partial charge is 0.325 e. The monoisotopic (exact) mass is 493 g/mol. The van der Waals surface area contributed by atoms with Crippen LogP contribution in [0.5, 0.6) is 0 Å². The van der Waals surface area contributed by atoms with Crippen LogP contribution in [-0.4, -0.2) is 29.3 Å². The molecule has 0 heterocycles. The van der Waals surface area contributed by atoms with Crippen LogP contribution >= 0.6 is 11.6 Å². The Morgan fingerprint density at radius 2 is 1.25 bits per heavy atom. The van der Waals surface area contributed by atoms with Crippen molar-refractivity contribution in [3.63, 3.8) is 0 Å². The molecule has 0 radical (unpaired) electrons. The van der Waals surface area contributed by atoms with Gasteiger partial charge in [0.25, 0.3) is 10.0 Å². The molecule has 0 unspecified atom stereocenters. The van der Waals surface area contributed by atoms with Crippen molar-refractivity contribution in [2.75, 3.05) is 16.6 Å². The molecule has 0 bridgehead atoms. The Kier molecular flexibility index (Phi) is 7.19. The smallest absolute Gasteiger partial charge is 0.261 e. The Hall–Kier alpha value is -2.92. The van der Waals surface area contributed by atoms with E-state index in [0.717, 1.165) is 5.56 Å². The molecule has 1 amide bonds. The van der Waals surface area contributed by atoms with Gasteiger partial charge in [0, 0.05) is 16.4 Å². The van der Waals surface area contributed by atoms with Crippen LogP contribution in [0.25, 0.3) is 0 Å². The summed E-state index contributed by atoms with van der Waals surface area (Å²) in [7, 11) is -7.66. The fraction of sp³-hybridized carbons (Fsp3) is 0.0952. The van der Waals surface area contributed by atoms with E-state index < -0.39 is 32.5 Å². The van der Waals surface area contributed by atoms with Crippen LogP contribution in [0.15, 0.2) is 82.6 Å². The SMILES string of the molecule is Cc1ccc(S(=O)(=O)NCC(=O)Nc2ccc(S(=O)(=O)Nc3ccc(Cl)cc3)cc2)cc1. The van der Waals surface area contributed by atoms with Crippen molar-refractivity contribution in [1.82, 2.24) is 4.72 Å². The molecule has 168 valence electrons. The molecule has 0 aliphatic heterocycles. The van der Waals surface area contributed by atoms with Crippen LogP contribution in [0.2, 0.25) is 5.02 Å². The van der Waals surface area contributed by atoms with Crippen LogP contribution in [0, 0.1) is 6.92 Å². The highest BCUT2D eigenvalue weighted by Crippen LogP contribution is 2.20. The van der Waals surface area contributed by atoms with Gasteiger partial charge < -0.3 is 5.32 Å². The lowest BCUT2D eigenvalue weighted by Crippen LogP contribution is -2.32. The maximum Gasteiger partial charge on any atom is 0.261 e. The highest BCUT2D eigenvalue weighted by molar-refractivity contribution is 7.92. The fourth-order valence-corrected chi connectivity index (χ4v) is 4.78. The van der Waals surface area contributed by atoms with E-state index in [1.165, 1.54) is 48.5 Å². The lowest BCUT2D eigenvalue weighted by atomic mass is 10.2. The van der Waals surface area contributed by atoms with Gasteiger partial charge in [0.15, 0.2) is 0 Å². The summed E-state index contributed by atoms with van der Waals surface area (Å²) < 4.78 is 54.1. The van der Waals surface area contributed by atoms with Crippen molar-refractivity contribution in [2.45, 2.75) is 16.7 Å². The van der Waals surface area contributed by atoms with Gasteiger partial charge in [-0.3, -0.25) is 9.52 Å². The minimum Gasteiger partial charge on any atom is -0.325 e. The number of nitrogens with one attached hydrogen (secondary N) is 3. The average molecular weight is 494 g/mol. The molecule has 0 atom stereocenters. The van der Waals surface area contributed by atoms with E-state index in [1.807, 2.05) is 6.92 Å². The van der Waals surface area contributed by atoms with Gasteiger partial charge >= 0.3 is 0 Å². The van der Waals surface area contributed by atoms with Crippen LogP contribution in [-0.2, 0) is 24.8 Å². The summed E-state index contributed by atoms with van der Waals surface area (Å²) in [4.78, 5) is 12.2. The Bertz CT molecular complexity index is 1310. The quantitative estimate of drug-likeness (QED) is 0.444. The molecular weight excluding hydrogens is 474 g/mol. The Balaban J connectivity index is 1.59. The fourth-order valence-electron chi connectivity index (χ4n) is 2.62. The minimum atomic E-state index is -3.83. The number of sulfonamides is 2. The molecular formula is C21H20ClN3O5S2. The Morgan fingerprint density at radius 3 is 1.84 bits per heavy atom. The van der Waals surface area contributed by atoms with E-state index in [4.69, 9.17) is 11.6 Å². The highest BCUT2D eigenvalue weighted by Gasteiger charge is 2.17. The van der Waals surface area contributed by atoms with E-state index >= 15 is 0 Å². The summed E-state index contributed by atoms with van der Waals surface area (Å²) in [5.41, 5.74) is 1.58. The second-order valence-electron chi connectivity index (χ2n) is 6.82. The van der Waals surface area contributed by atoms with E-state index in [9.17, 15) is 21.6 Å². The van der Waals surface area contributed by atoms with Gasteiger partial charge in [0.1, 0.15) is 0 Å². The van der Waals surface area contributed by atoms with Gasteiger partial charge in [-0.1, -0.05) is 29.3 Å². The number of hydrogen-bond donors (Lipinski definition) is 3. The zero-order valence-electron chi connectivity index (χ0n) is 16.9. The highest BCUT2D eigenvalue weighted by atomic mass is 35.5. The number of hydrogen-bond acceptors (Lipinski definition) is 5. The molecule has 0 saturated heterocycles. The summed E-state index contributed by atoms with van der Waals surface area (Å²) in [6, 6.07) is 17.9. The number of carbonyl (C=O) groups is 1. The first-order chi connectivity index (χ1) is 15.0. The van der Waals surface area contributed by atoms with Crippen LogP contribution < -0.4 is 14.8 Å². The Labute approximate surface area is 191 Å². The second-order valence-corrected chi connectivity index (χ2v) is 10.7. The lowest BCUT2D eigenvalue weighted by Gasteiger charge is -2.10. The third-order valence-electron chi connectivity index (χ3n) is 4.30. The van der Waals surface area contributed by atoms with Crippen LogP contribution in [0.4, 0.5) is 11.4 Å². The number of aryl methyl sites for hydroxylation is 1. The van der Waals surface area contributed by atoms with Gasteiger partial charge in [0.2, 0.25) is 15.9 Å². The lowest BCUT2D eigenvalue weighted by molar-refractivity contribution is -0.115. The minimum absolute atomic E-state index is 0.00878. The molecule has 3 rings (SSSR count). The molecule has 32 heavy (non-hydrogen) atoms. The number of rotatable bonds is 8. The van der Waals surface area contributed by atoms with E-state index in [1.54, 1.807) is 24.3 Å². The third kappa shape index (κ3) is 6.30. The van der Waals surface area contributed by atoms with E-state index in [2.05, 4.69) is 14.8 Å².